The van der Waals surface area contributed by atoms with Gasteiger partial charge in [-0.15, -0.1) is 0 Å². The number of hydrogen-bond acceptors (Lipinski definition) is 5. The number of carbonyl (C=O) groups is 2. The van der Waals surface area contributed by atoms with Gasteiger partial charge in [-0.25, -0.2) is 0 Å². The molecule has 3 heterocycles. The molecule has 1 aromatic heterocycles. The highest BCUT2D eigenvalue weighted by atomic mass is 35.5. The van der Waals surface area contributed by atoms with Crippen molar-refractivity contribution in [1.29, 1.82) is 0 Å². The Morgan fingerprint density at radius 3 is 2.60 bits per heavy atom. The third-order valence-electron chi connectivity index (χ3n) is 7.17. The molecule has 190 valence electrons. The second kappa shape index (κ2) is 11.0. The Bertz CT molecular complexity index is 1050. The zero-order valence-corrected chi connectivity index (χ0v) is 21.8. The van der Waals surface area contributed by atoms with Gasteiger partial charge in [-0.1, -0.05) is 17.7 Å². The first-order valence-electron chi connectivity index (χ1n) is 12.5. The van der Waals surface area contributed by atoms with Crippen LogP contribution in [0.15, 0.2) is 30.5 Å². The molecule has 35 heavy (non-hydrogen) atoms. The van der Waals surface area contributed by atoms with E-state index in [1.54, 1.807) is 16.8 Å². The van der Waals surface area contributed by atoms with Crippen LogP contribution in [0.25, 0.3) is 0 Å². The molecule has 9 heteroatoms. The maximum absolute atomic E-state index is 13.5. The third-order valence-corrected chi connectivity index (χ3v) is 7.41. The van der Waals surface area contributed by atoms with Crippen LogP contribution in [0.1, 0.15) is 42.2 Å². The number of halogens is 1. The fourth-order valence-electron chi connectivity index (χ4n) is 5.04. The molecule has 2 amide bonds. The average Bonchev–Trinajstić information content (AvgIpc) is 3.23. The fourth-order valence-corrected chi connectivity index (χ4v) is 5.22. The van der Waals surface area contributed by atoms with E-state index in [1.165, 1.54) is 0 Å². The lowest BCUT2D eigenvalue weighted by Gasteiger charge is -2.43. The molecule has 8 nitrogen and oxygen atoms in total. The summed E-state index contributed by atoms with van der Waals surface area (Å²) in [4.78, 5) is 33.0. The number of likely N-dealkylation sites (N-methyl/N-ethyl adjacent to an activating group) is 1. The average molecular weight is 502 g/mol. The smallest absolute Gasteiger partial charge is 0.257 e. The lowest BCUT2D eigenvalue weighted by Crippen LogP contribution is -2.53. The van der Waals surface area contributed by atoms with E-state index < -0.39 is 5.41 Å². The molecule has 2 fully saturated rings. The monoisotopic (exact) mass is 501 g/mol. The van der Waals surface area contributed by atoms with E-state index in [4.69, 9.17) is 16.3 Å². The summed E-state index contributed by atoms with van der Waals surface area (Å²) in [7, 11) is 2.08. The molecule has 0 N–H and O–H groups in total. The van der Waals surface area contributed by atoms with Crippen molar-refractivity contribution in [2.45, 2.75) is 39.7 Å². The number of aromatic nitrogens is 2. The predicted molar refractivity (Wildman–Crippen MR) is 136 cm³/mol. The van der Waals surface area contributed by atoms with E-state index in [-0.39, 0.29) is 11.8 Å². The van der Waals surface area contributed by atoms with Gasteiger partial charge < -0.3 is 19.4 Å². The number of ether oxygens (including phenoxy) is 1. The second-order valence-corrected chi connectivity index (χ2v) is 10.4. The van der Waals surface area contributed by atoms with Gasteiger partial charge in [-0.3, -0.25) is 14.3 Å². The lowest BCUT2D eigenvalue weighted by molar-refractivity contribution is -0.137. The molecule has 2 saturated heterocycles. The van der Waals surface area contributed by atoms with Crippen molar-refractivity contribution in [3.05, 3.63) is 46.7 Å². The molecule has 0 aliphatic carbocycles. The lowest BCUT2D eigenvalue weighted by atomic mass is 9.77. The van der Waals surface area contributed by atoms with E-state index in [9.17, 15) is 9.59 Å². The first-order valence-corrected chi connectivity index (χ1v) is 12.8. The Hall–Kier alpha value is -2.58. The minimum Gasteiger partial charge on any atom is -0.493 e. The molecular formula is C26H36ClN5O3. The Morgan fingerprint density at radius 2 is 1.91 bits per heavy atom. The van der Waals surface area contributed by atoms with Crippen LogP contribution in [-0.4, -0.2) is 89.2 Å². The maximum Gasteiger partial charge on any atom is 0.257 e. The van der Waals surface area contributed by atoms with Gasteiger partial charge >= 0.3 is 0 Å². The first kappa shape index (κ1) is 25.5. The summed E-state index contributed by atoms with van der Waals surface area (Å²) < 4.78 is 7.99. The highest BCUT2D eigenvalue weighted by molar-refractivity contribution is 6.30. The van der Waals surface area contributed by atoms with Crippen molar-refractivity contribution in [3.63, 3.8) is 0 Å². The minimum absolute atomic E-state index is 0.0268. The van der Waals surface area contributed by atoms with Crippen molar-refractivity contribution in [1.82, 2.24) is 24.5 Å². The highest BCUT2D eigenvalue weighted by Crippen LogP contribution is 2.36. The second-order valence-electron chi connectivity index (χ2n) is 9.92. The Kier molecular flexibility index (Phi) is 8.02. The van der Waals surface area contributed by atoms with Crippen LogP contribution in [-0.2, 0) is 11.3 Å². The van der Waals surface area contributed by atoms with Crippen LogP contribution in [0.4, 0.5) is 0 Å². The zero-order chi connectivity index (χ0) is 25.0. The molecule has 1 aromatic carbocycles. The van der Waals surface area contributed by atoms with Gasteiger partial charge in [0.05, 0.1) is 17.9 Å². The number of likely N-dealkylation sites (tertiary alicyclic amines) is 1. The molecule has 4 rings (SSSR count). The van der Waals surface area contributed by atoms with Gasteiger partial charge in [0.2, 0.25) is 5.91 Å². The summed E-state index contributed by atoms with van der Waals surface area (Å²) in [6.45, 7) is 9.30. The standard InChI is InChI=1S/C26H36ClN5O3/c1-4-32-17-23(20(2)28-32)25(34)31-10-6-9-26(18-31,19-35-22-8-5-7-21(27)15-22)16-24(33)30-13-11-29(3)12-14-30/h5,7-8,15,17H,4,6,9-14,16,18-19H2,1-3H3/t26-/m1/s1. The number of piperazine rings is 1. The molecule has 2 aliphatic rings. The molecular weight excluding hydrogens is 466 g/mol. The highest BCUT2D eigenvalue weighted by Gasteiger charge is 2.41. The van der Waals surface area contributed by atoms with Crippen molar-refractivity contribution < 1.29 is 14.3 Å². The van der Waals surface area contributed by atoms with Gasteiger partial charge in [0.15, 0.2) is 0 Å². The molecule has 2 aromatic rings. The summed E-state index contributed by atoms with van der Waals surface area (Å²) in [5, 5.41) is 5.05. The van der Waals surface area contributed by atoms with E-state index >= 15 is 0 Å². The summed E-state index contributed by atoms with van der Waals surface area (Å²) in [6, 6.07) is 7.31. The summed E-state index contributed by atoms with van der Waals surface area (Å²) in [6.07, 6.45) is 3.83. The third kappa shape index (κ3) is 6.16. The maximum atomic E-state index is 13.5. The van der Waals surface area contributed by atoms with Crippen LogP contribution in [0.3, 0.4) is 0 Å². The van der Waals surface area contributed by atoms with Crippen molar-refractivity contribution in [2.24, 2.45) is 5.41 Å². The minimum atomic E-state index is -0.467. The summed E-state index contributed by atoms with van der Waals surface area (Å²) in [5.41, 5.74) is 0.895. The Morgan fingerprint density at radius 1 is 1.14 bits per heavy atom. The summed E-state index contributed by atoms with van der Waals surface area (Å²) in [5.74, 6) is 0.783. The molecule has 0 radical (unpaired) electrons. The summed E-state index contributed by atoms with van der Waals surface area (Å²) >= 11 is 6.15. The topological polar surface area (TPSA) is 70.9 Å². The van der Waals surface area contributed by atoms with Crippen LogP contribution in [0, 0.1) is 12.3 Å². The van der Waals surface area contributed by atoms with E-state index in [0.29, 0.717) is 49.0 Å². The number of rotatable bonds is 7. The number of hydrogen-bond donors (Lipinski definition) is 0. The van der Waals surface area contributed by atoms with E-state index in [0.717, 1.165) is 44.7 Å². The van der Waals surface area contributed by atoms with Crippen LogP contribution < -0.4 is 4.74 Å². The van der Waals surface area contributed by atoms with Crippen LogP contribution in [0.2, 0.25) is 5.02 Å². The molecule has 2 aliphatic heterocycles. The normalized spacial score (nSPS) is 21.3. The molecule has 0 unspecified atom stereocenters. The zero-order valence-electron chi connectivity index (χ0n) is 21.0. The largest absolute Gasteiger partial charge is 0.493 e. The van der Waals surface area contributed by atoms with Crippen molar-refractivity contribution in [3.8, 4) is 5.75 Å². The molecule has 0 spiro atoms. The Balaban J connectivity index is 1.54. The van der Waals surface area contributed by atoms with Gasteiger partial charge in [0.1, 0.15) is 5.75 Å². The molecule has 1 atom stereocenters. The SMILES string of the molecule is CCn1cc(C(=O)N2CCC[C@@](COc3cccc(Cl)c3)(CC(=O)N3CCN(C)CC3)C2)c(C)n1. The number of piperidine rings is 1. The number of nitrogens with zero attached hydrogens (tertiary/aromatic N) is 5. The fraction of sp³-hybridized carbons (Fsp3) is 0.577. The molecule has 0 bridgehead atoms. The van der Waals surface area contributed by atoms with Crippen molar-refractivity contribution in [2.75, 3.05) is 52.9 Å². The Labute approximate surface area is 212 Å². The van der Waals surface area contributed by atoms with Crippen LogP contribution in [0.5, 0.6) is 5.75 Å². The van der Waals surface area contributed by atoms with Gasteiger partial charge in [0, 0.05) is 68.9 Å². The van der Waals surface area contributed by atoms with Gasteiger partial charge in [-0.05, 0) is 51.9 Å². The van der Waals surface area contributed by atoms with E-state index in [1.807, 2.05) is 42.0 Å². The predicted octanol–water partition coefficient (Wildman–Crippen LogP) is 3.33. The van der Waals surface area contributed by atoms with Gasteiger partial charge in [-0.2, -0.15) is 5.10 Å². The number of benzene rings is 1. The number of carbonyl (C=O) groups excluding carboxylic acids is 2. The van der Waals surface area contributed by atoms with Crippen molar-refractivity contribution >= 4 is 23.4 Å². The quantitative estimate of drug-likeness (QED) is 0.582. The number of aryl methyl sites for hydroxylation is 2. The first-order chi connectivity index (χ1) is 16.8. The number of amides is 2. The van der Waals surface area contributed by atoms with Gasteiger partial charge in [0.25, 0.3) is 5.91 Å². The van der Waals surface area contributed by atoms with E-state index in [2.05, 4.69) is 17.0 Å². The van der Waals surface area contributed by atoms with Crippen LogP contribution >= 0.6 is 11.6 Å². The molecule has 0 saturated carbocycles.